The second-order valence-corrected chi connectivity index (χ2v) is 5.11. The Bertz CT molecular complexity index is 632. The Labute approximate surface area is 117 Å². The third-order valence-corrected chi connectivity index (χ3v) is 3.65. The Morgan fingerprint density at radius 1 is 1.25 bits per heavy atom. The predicted molar refractivity (Wildman–Crippen MR) is 77.3 cm³/mol. The van der Waals surface area contributed by atoms with Crippen LogP contribution in [0.25, 0.3) is 5.65 Å². The maximum Gasteiger partial charge on any atom is 0.228 e. The summed E-state index contributed by atoms with van der Waals surface area (Å²) in [7, 11) is 0. The van der Waals surface area contributed by atoms with Crippen molar-refractivity contribution < 1.29 is 4.79 Å². The van der Waals surface area contributed by atoms with Crippen LogP contribution in [0.3, 0.4) is 0 Å². The summed E-state index contributed by atoms with van der Waals surface area (Å²) in [6.07, 6.45) is 12.9. The molecule has 0 saturated carbocycles. The molecule has 5 nitrogen and oxygen atoms in total. The topological polar surface area (TPSA) is 59.3 Å². The van der Waals surface area contributed by atoms with Crippen molar-refractivity contribution in [2.45, 2.75) is 32.1 Å². The average Bonchev–Trinajstić information content (AvgIpc) is 2.85. The smallest absolute Gasteiger partial charge is 0.228 e. The highest BCUT2D eigenvalue weighted by atomic mass is 16.1. The van der Waals surface area contributed by atoms with E-state index in [2.05, 4.69) is 27.6 Å². The van der Waals surface area contributed by atoms with E-state index in [0.717, 1.165) is 37.8 Å². The summed E-state index contributed by atoms with van der Waals surface area (Å²) < 4.78 is 1.68. The second kappa shape index (κ2) is 5.86. The van der Waals surface area contributed by atoms with Gasteiger partial charge < -0.3 is 5.32 Å². The molecule has 1 amide bonds. The van der Waals surface area contributed by atoms with Gasteiger partial charge in [0.15, 0.2) is 5.65 Å². The quantitative estimate of drug-likeness (QED) is 0.854. The molecule has 0 spiro atoms. The number of fused-ring (bicyclic) bond motifs is 1. The number of carbonyl (C=O) groups excluding carboxylic acids is 1. The second-order valence-electron chi connectivity index (χ2n) is 5.11. The first kappa shape index (κ1) is 12.8. The molecule has 1 unspecified atom stereocenters. The van der Waals surface area contributed by atoms with E-state index in [0.29, 0.717) is 5.82 Å². The molecule has 2 aromatic rings. The summed E-state index contributed by atoms with van der Waals surface area (Å²) in [6, 6.07) is 3.59. The van der Waals surface area contributed by atoms with Gasteiger partial charge in [-0.15, -0.1) is 0 Å². The molecule has 0 saturated heterocycles. The van der Waals surface area contributed by atoms with Crippen molar-refractivity contribution in [2.75, 3.05) is 5.32 Å². The van der Waals surface area contributed by atoms with Gasteiger partial charge >= 0.3 is 0 Å². The van der Waals surface area contributed by atoms with Gasteiger partial charge in [0, 0.05) is 18.2 Å². The first-order chi connectivity index (χ1) is 9.83. The summed E-state index contributed by atoms with van der Waals surface area (Å²) in [5.41, 5.74) is 0.739. The lowest BCUT2D eigenvalue weighted by atomic mass is 9.93. The van der Waals surface area contributed by atoms with Gasteiger partial charge in [0.1, 0.15) is 5.82 Å². The van der Waals surface area contributed by atoms with Crippen LogP contribution in [-0.4, -0.2) is 20.5 Å². The van der Waals surface area contributed by atoms with E-state index < -0.39 is 0 Å². The van der Waals surface area contributed by atoms with Crippen molar-refractivity contribution in [1.29, 1.82) is 0 Å². The van der Waals surface area contributed by atoms with Gasteiger partial charge in [-0.3, -0.25) is 4.79 Å². The van der Waals surface area contributed by atoms with Gasteiger partial charge in [-0.25, -0.2) is 9.50 Å². The third-order valence-electron chi connectivity index (χ3n) is 3.65. The van der Waals surface area contributed by atoms with Crippen LogP contribution in [0.1, 0.15) is 32.1 Å². The number of nitrogens with one attached hydrogen (secondary N) is 1. The molecule has 0 bridgehead atoms. The number of aromatic nitrogens is 3. The lowest BCUT2D eigenvalue weighted by molar-refractivity contribution is -0.120. The van der Waals surface area contributed by atoms with Gasteiger partial charge in [-0.05, 0) is 38.2 Å². The van der Waals surface area contributed by atoms with Crippen molar-refractivity contribution in [1.82, 2.24) is 14.6 Å². The van der Waals surface area contributed by atoms with E-state index in [-0.39, 0.29) is 11.8 Å². The normalized spacial score (nSPS) is 21.1. The Morgan fingerprint density at radius 2 is 2.15 bits per heavy atom. The lowest BCUT2D eigenvalue weighted by Gasteiger charge is -2.16. The minimum absolute atomic E-state index is 0.0802. The van der Waals surface area contributed by atoms with Crippen molar-refractivity contribution in [2.24, 2.45) is 5.92 Å². The van der Waals surface area contributed by atoms with Gasteiger partial charge in [0.2, 0.25) is 5.91 Å². The van der Waals surface area contributed by atoms with Crippen LogP contribution >= 0.6 is 0 Å². The Morgan fingerprint density at radius 3 is 3.10 bits per heavy atom. The molecule has 1 aliphatic rings. The molecule has 1 atom stereocenters. The Kier molecular flexibility index (Phi) is 3.76. The van der Waals surface area contributed by atoms with Gasteiger partial charge in [0.05, 0.1) is 6.20 Å². The van der Waals surface area contributed by atoms with Crippen LogP contribution in [-0.2, 0) is 4.79 Å². The van der Waals surface area contributed by atoms with E-state index in [1.165, 1.54) is 0 Å². The number of rotatable bonds is 2. The molecule has 104 valence electrons. The number of amides is 1. The Hall–Kier alpha value is -2.17. The minimum atomic E-state index is 0.0802. The lowest BCUT2D eigenvalue weighted by Crippen LogP contribution is -2.23. The first-order valence-corrected chi connectivity index (χ1v) is 7.09. The highest BCUT2D eigenvalue weighted by molar-refractivity contribution is 5.91. The van der Waals surface area contributed by atoms with Crippen LogP contribution in [0.2, 0.25) is 0 Å². The van der Waals surface area contributed by atoms with Crippen molar-refractivity contribution in [3.05, 3.63) is 36.7 Å². The van der Waals surface area contributed by atoms with Gasteiger partial charge in [-0.2, -0.15) is 5.10 Å². The predicted octanol–water partition coefficient (Wildman–Crippen LogP) is 2.80. The third kappa shape index (κ3) is 2.87. The highest BCUT2D eigenvalue weighted by Gasteiger charge is 2.18. The summed E-state index contributed by atoms with van der Waals surface area (Å²) >= 11 is 0. The number of anilines is 1. The van der Waals surface area contributed by atoms with E-state index in [1.807, 2.05) is 6.07 Å². The van der Waals surface area contributed by atoms with Gasteiger partial charge in [0.25, 0.3) is 0 Å². The molecular formula is C15H18N4O. The zero-order chi connectivity index (χ0) is 13.8. The molecule has 0 aliphatic heterocycles. The summed E-state index contributed by atoms with van der Waals surface area (Å²) in [5, 5.41) is 7.01. The number of hydrogen-bond acceptors (Lipinski definition) is 3. The standard InChI is InChI=1S/C15H18N4O/c20-15(12-6-4-2-1-3-5-7-12)18-13-9-11-19-14(17-13)8-10-16-19/h1-2,8-12H,3-7H2,(H,17,18,20)/b2-1-. The monoisotopic (exact) mass is 270 g/mol. The maximum atomic E-state index is 12.3. The number of hydrogen-bond donors (Lipinski definition) is 1. The fraction of sp³-hybridized carbons (Fsp3) is 0.400. The molecule has 0 fully saturated rings. The molecule has 2 heterocycles. The molecule has 0 aromatic carbocycles. The summed E-state index contributed by atoms with van der Waals surface area (Å²) in [6.45, 7) is 0. The van der Waals surface area contributed by atoms with E-state index in [4.69, 9.17) is 0 Å². The maximum absolute atomic E-state index is 12.3. The van der Waals surface area contributed by atoms with Crippen LogP contribution < -0.4 is 5.32 Å². The molecular weight excluding hydrogens is 252 g/mol. The molecule has 3 rings (SSSR count). The highest BCUT2D eigenvalue weighted by Crippen LogP contribution is 2.20. The molecule has 1 N–H and O–H groups in total. The van der Waals surface area contributed by atoms with E-state index in [1.54, 1.807) is 23.0 Å². The van der Waals surface area contributed by atoms with E-state index in [9.17, 15) is 4.79 Å². The van der Waals surface area contributed by atoms with Crippen LogP contribution in [0.5, 0.6) is 0 Å². The van der Waals surface area contributed by atoms with Crippen LogP contribution in [0, 0.1) is 5.92 Å². The molecule has 1 aliphatic carbocycles. The Balaban J connectivity index is 1.69. The van der Waals surface area contributed by atoms with Gasteiger partial charge in [-0.1, -0.05) is 12.2 Å². The number of carbonyl (C=O) groups is 1. The summed E-state index contributed by atoms with van der Waals surface area (Å²) in [5.74, 6) is 0.764. The fourth-order valence-electron chi connectivity index (χ4n) is 2.53. The van der Waals surface area contributed by atoms with Crippen molar-refractivity contribution in [3.8, 4) is 0 Å². The average molecular weight is 270 g/mol. The molecule has 5 heteroatoms. The fourth-order valence-corrected chi connectivity index (χ4v) is 2.53. The largest absolute Gasteiger partial charge is 0.310 e. The van der Waals surface area contributed by atoms with E-state index >= 15 is 0 Å². The number of allylic oxidation sites excluding steroid dienone is 2. The minimum Gasteiger partial charge on any atom is -0.310 e. The molecule has 2 aromatic heterocycles. The zero-order valence-electron chi connectivity index (χ0n) is 11.3. The molecule has 0 radical (unpaired) electrons. The number of nitrogens with zero attached hydrogens (tertiary/aromatic N) is 3. The summed E-state index contributed by atoms with van der Waals surface area (Å²) in [4.78, 5) is 16.7. The zero-order valence-corrected chi connectivity index (χ0v) is 11.3. The first-order valence-electron chi connectivity index (χ1n) is 7.09. The van der Waals surface area contributed by atoms with Crippen LogP contribution in [0.15, 0.2) is 36.7 Å². The van der Waals surface area contributed by atoms with Crippen LogP contribution in [0.4, 0.5) is 5.82 Å². The van der Waals surface area contributed by atoms with Crippen molar-refractivity contribution >= 4 is 17.4 Å². The van der Waals surface area contributed by atoms with Crippen molar-refractivity contribution in [3.63, 3.8) is 0 Å². The molecule has 20 heavy (non-hydrogen) atoms. The SMILES string of the molecule is O=C(Nc1ccn2nccc2n1)C1CC/C=C\CCC1.